The molecule has 0 spiro atoms. The van der Waals surface area contributed by atoms with Crippen LogP contribution in [0.3, 0.4) is 0 Å². The van der Waals surface area contributed by atoms with Crippen LogP contribution in [0, 0.1) is 0 Å². The Morgan fingerprint density at radius 3 is 1.90 bits per heavy atom. The summed E-state index contributed by atoms with van der Waals surface area (Å²) in [6.07, 6.45) is 22.0. The fraction of sp³-hybridized carbons (Fsp3) is 0.618. The molecule has 1 aliphatic heterocycles. The Balaban J connectivity index is 1.47. The minimum absolute atomic E-state index is 0.108. The first-order valence-electron chi connectivity index (χ1n) is 15.7. The number of nitrogens with zero attached hydrogens (tertiary/aromatic N) is 2. The van der Waals surface area contributed by atoms with Gasteiger partial charge in [-0.1, -0.05) is 128 Å². The third-order valence-electron chi connectivity index (χ3n) is 8.02. The van der Waals surface area contributed by atoms with Crippen molar-refractivity contribution in [1.82, 2.24) is 4.90 Å². The lowest BCUT2D eigenvalue weighted by molar-refractivity contribution is -0.128. The fourth-order valence-electron chi connectivity index (χ4n) is 5.65. The third-order valence-corrected chi connectivity index (χ3v) is 8.02. The average molecular weight is 535 g/mol. The number of hydrogen-bond acceptors (Lipinski definition) is 4. The molecule has 1 heterocycles. The Bertz CT molecular complexity index is 1090. The van der Waals surface area contributed by atoms with Crippen LogP contribution in [0.5, 0.6) is 5.75 Å². The van der Waals surface area contributed by atoms with Crippen molar-refractivity contribution in [3.05, 3.63) is 41.0 Å². The van der Waals surface area contributed by atoms with Gasteiger partial charge in [0.15, 0.2) is 0 Å². The minimum Gasteiger partial charge on any atom is -0.507 e. The predicted octanol–water partition coefficient (Wildman–Crippen LogP) is 8.77. The molecule has 5 heteroatoms. The Morgan fingerprint density at radius 2 is 1.31 bits per heavy atom. The first-order chi connectivity index (χ1) is 19.1. The molecule has 0 fully saturated rings. The highest BCUT2D eigenvalue weighted by Crippen LogP contribution is 2.38. The highest BCUT2D eigenvalue weighted by molar-refractivity contribution is 6.19. The SMILES string of the molecule is CCCCCCCCCCCCCCCCN=Cc1c2c(c3ccccc3c1O)C(=O)N(CCCC)C(=O)C2. The highest BCUT2D eigenvalue weighted by atomic mass is 16.3. The van der Waals surface area contributed by atoms with E-state index in [1.807, 2.05) is 31.2 Å². The van der Waals surface area contributed by atoms with Crippen molar-refractivity contribution >= 4 is 28.8 Å². The minimum atomic E-state index is -0.257. The molecular weight excluding hydrogens is 484 g/mol. The number of phenolic OH excluding ortho intramolecular Hbond substituents is 1. The van der Waals surface area contributed by atoms with E-state index in [1.54, 1.807) is 6.21 Å². The van der Waals surface area contributed by atoms with Crippen LogP contribution in [0.25, 0.3) is 10.8 Å². The molecule has 0 unspecified atom stereocenters. The van der Waals surface area contributed by atoms with Gasteiger partial charge in [0, 0.05) is 30.3 Å². The first-order valence-corrected chi connectivity index (χ1v) is 15.7. The van der Waals surface area contributed by atoms with E-state index in [4.69, 9.17) is 0 Å². The zero-order valence-corrected chi connectivity index (χ0v) is 24.5. The van der Waals surface area contributed by atoms with Crippen LogP contribution in [0.1, 0.15) is 138 Å². The predicted molar refractivity (Wildman–Crippen MR) is 163 cm³/mol. The van der Waals surface area contributed by atoms with E-state index in [-0.39, 0.29) is 24.0 Å². The molecule has 3 rings (SSSR count). The molecule has 5 nitrogen and oxygen atoms in total. The molecule has 0 aromatic heterocycles. The molecule has 0 aliphatic carbocycles. The van der Waals surface area contributed by atoms with Gasteiger partial charge in [0.1, 0.15) is 5.75 Å². The number of carbonyl (C=O) groups is 2. The van der Waals surface area contributed by atoms with Crippen molar-refractivity contribution in [2.24, 2.45) is 4.99 Å². The number of benzene rings is 2. The molecule has 214 valence electrons. The van der Waals surface area contributed by atoms with Crippen molar-refractivity contribution < 1.29 is 14.7 Å². The highest BCUT2D eigenvalue weighted by Gasteiger charge is 2.34. The van der Waals surface area contributed by atoms with Gasteiger partial charge in [0.25, 0.3) is 5.91 Å². The molecule has 1 N–H and O–H groups in total. The van der Waals surface area contributed by atoms with Crippen molar-refractivity contribution in [2.45, 2.75) is 123 Å². The zero-order valence-electron chi connectivity index (χ0n) is 24.5. The summed E-state index contributed by atoms with van der Waals surface area (Å²) < 4.78 is 0. The van der Waals surface area contributed by atoms with Crippen LogP contribution >= 0.6 is 0 Å². The number of aliphatic imine (C=N–C) groups is 1. The van der Waals surface area contributed by atoms with Crippen LogP contribution in [-0.4, -0.2) is 41.1 Å². The van der Waals surface area contributed by atoms with Gasteiger partial charge in [0.2, 0.25) is 5.91 Å². The van der Waals surface area contributed by atoms with Gasteiger partial charge in [-0.25, -0.2) is 0 Å². The number of fused-ring (bicyclic) bond motifs is 3. The van der Waals surface area contributed by atoms with Crippen LogP contribution in [0.2, 0.25) is 0 Å². The Morgan fingerprint density at radius 1 is 0.769 bits per heavy atom. The Labute approximate surface area is 236 Å². The first kappa shape index (κ1) is 30.8. The number of carbonyl (C=O) groups excluding carboxylic acids is 2. The number of rotatable bonds is 19. The average Bonchev–Trinajstić information content (AvgIpc) is 2.94. The van der Waals surface area contributed by atoms with Gasteiger partial charge in [-0.15, -0.1) is 0 Å². The van der Waals surface area contributed by atoms with E-state index in [2.05, 4.69) is 11.9 Å². The fourth-order valence-corrected chi connectivity index (χ4v) is 5.65. The summed E-state index contributed by atoms with van der Waals surface area (Å²) in [5.41, 5.74) is 1.67. The molecule has 0 bridgehead atoms. The van der Waals surface area contributed by atoms with Gasteiger partial charge < -0.3 is 5.11 Å². The molecular formula is C34H50N2O3. The maximum atomic E-state index is 13.4. The molecule has 0 saturated carbocycles. The second kappa shape index (κ2) is 17.1. The van der Waals surface area contributed by atoms with Crippen LogP contribution < -0.4 is 0 Å². The summed E-state index contributed by atoms with van der Waals surface area (Å²) in [5.74, 6) is -0.346. The van der Waals surface area contributed by atoms with Crippen LogP contribution in [0.15, 0.2) is 29.3 Å². The summed E-state index contributed by atoms with van der Waals surface area (Å²) in [4.78, 5) is 32.3. The van der Waals surface area contributed by atoms with Gasteiger partial charge in [0.05, 0.1) is 12.0 Å². The number of unbranched alkanes of at least 4 members (excludes halogenated alkanes) is 14. The molecule has 0 radical (unpaired) electrons. The van der Waals surface area contributed by atoms with E-state index < -0.39 is 0 Å². The van der Waals surface area contributed by atoms with Gasteiger partial charge in [-0.05, 0) is 23.8 Å². The molecule has 1 aliphatic rings. The largest absolute Gasteiger partial charge is 0.507 e. The van der Waals surface area contributed by atoms with Gasteiger partial charge in [-0.2, -0.15) is 0 Å². The van der Waals surface area contributed by atoms with Gasteiger partial charge in [-0.3, -0.25) is 19.5 Å². The number of aromatic hydroxyl groups is 1. The topological polar surface area (TPSA) is 70.0 Å². The molecule has 0 saturated heterocycles. The van der Waals surface area contributed by atoms with Crippen LogP contribution in [0.4, 0.5) is 0 Å². The lowest BCUT2D eigenvalue weighted by atomic mass is 9.88. The van der Waals surface area contributed by atoms with Crippen LogP contribution in [-0.2, 0) is 11.2 Å². The maximum absolute atomic E-state index is 13.4. The van der Waals surface area contributed by atoms with E-state index in [1.165, 1.54) is 81.9 Å². The lowest BCUT2D eigenvalue weighted by Gasteiger charge is -2.29. The molecule has 0 atom stereocenters. The number of imide groups is 1. The number of hydrogen-bond donors (Lipinski definition) is 1. The molecule has 2 amide bonds. The Kier molecular flexibility index (Phi) is 13.5. The van der Waals surface area contributed by atoms with Crippen molar-refractivity contribution in [3.8, 4) is 5.75 Å². The summed E-state index contributed by atoms with van der Waals surface area (Å²) >= 11 is 0. The van der Waals surface area contributed by atoms with E-state index >= 15 is 0 Å². The summed E-state index contributed by atoms with van der Waals surface area (Å²) in [6, 6.07) is 7.41. The van der Waals surface area contributed by atoms with Crippen molar-refractivity contribution in [2.75, 3.05) is 13.1 Å². The molecule has 2 aromatic carbocycles. The van der Waals surface area contributed by atoms with E-state index in [9.17, 15) is 14.7 Å². The maximum Gasteiger partial charge on any atom is 0.261 e. The summed E-state index contributed by atoms with van der Waals surface area (Å²) in [5, 5.41) is 12.4. The Hall–Kier alpha value is -2.69. The second-order valence-electron chi connectivity index (χ2n) is 11.2. The quantitative estimate of drug-likeness (QED) is 0.111. The standard InChI is InChI=1S/C34H50N2O3/c1-3-5-7-8-9-10-11-12-13-14-15-16-17-20-23-35-26-30-29-25-31(37)36(24-6-4-2)34(39)32(29)27-21-18-19-22-28(27)33(30)38/h18-19,21-22,26,38H,3-17,20,23-25H2,1-2H3. The summed E-state index contributed by atoms with van der Waals surface area (Å²) in [7, 11) is 0. The number of amides is 2. The number of phenols is 1. The summed E-state index contributed by atoms with van der Waals surface area (Å²) in [6.45, 7) is 5.44. The lowest BCUT2D eigenvalue weighted by Crippen LogP contribution is -2.43. The molecule has 2 aromatic rings. The zero-order chi connectivity index (χ0) is 27.9. The van der Waals surface area contributed by atoms with Crippen molar-refractivity contribution in [3.63, 3.8) is 0 Å². The van der Waals surface area contributed by atoms with E-state index in [0.29, 0.717) is 40.6 Å². The van der Waals surface area contributed by atoms with Gasteiger partial charge >= 0.3 is 0 Å². The normalized spacial score (nSPS) is 13.6. The monoisotopic (exact) mass is 534 g/mol. The molecule has 39 heavy (non-hydrogen) atoms. The van der Waals surface area contributed by atoms with E-state index in [0.717, 1.165) is 25.7 Å². The smallest absolute Gasteiger partial charge is 0.261 e. The van der Waals surface area contributed by atoms with Crippen molar-refractivity contribution in [1.29, 1.82) is 0 Å². The third kappa shape index (κ3) is 8.91. The second-order valence-corrected chi connectivity index (χ2v) is 11.2.